The van der Waals surface area contributed by atoms with E-state index in [1.165, 1.54) is 33.4 Å². The number of fused-ring (bicyclic) bond motifs is 1. The summed E-state index contributed by atoms with van der Waals surface area (Å²) in [6.45, 7) is 0. The van der Waals surface area contributed by atoms with Crippen molar-refractivity contribution in [3.8, 4) is 11.1 Å². The first kappa shape index (κ1) is 17.7. The Morgan fingerprint density at radius 1 is 0.667 bits per heavy atom. The number of halogens is 2. The fourth-order valence-electron chi connectivity index (χ4n) is 2.98. The van der Waals surface area contributed by atoms with Crippen LogP contribution in [-0.4, -0.2) is 0 Å². The number of rotatable bonds is 2. The Bertz CT molecular complexity index is 827. The van der Waals surface area contributed by atoms with Gasteiger partial charge in [-0.05, 0) is 45.9 Å². The van der Waals surface area contributed by atoms with Crippen molar-refractivity contribution in [2.24, 2.45) is 0 Å². The van der Waals surface area contributed by atoms with E-state index in [1.807, 2.05) is 0 Å². The standard InChI is InChI=1S/C21H16.2ClH.Zr/c1-3-7-16(8-4-1)18-11-12-19-14-20(15-21(19)13-18)17-9-5-2-6-10-17;;;/h1-13,15H,14H2;2*1H;/q;;;+2/p-2. The van der Waals surface area contributed by atoms with Crippen LogP contribution in [0.15, 0.2) is 78.9 Å². The molecule has 1 aliphatic carbocycles. The van der Waals surface area contributed by atoms with Crippen LogP contribution in [0.5, 0.6) is 0 Å². The van der Waals surface area contributed by atoms with Crippen LogP contribution in [0.25, 0.3) is 22.8 Å². The van der Waals surface area contributed by atoms with Crippen molar-refractivity contribution < 1.29 is 20.8 Å². The van der Waals surface area contributed by atoms with Gasteiger partial charge >= 0.3 is 37.9 Å². The summed E-state index contributed by atoms with van der Waals surface area (Å²) in [6, 6.07) is 28.0. The van der Waals surface area contributed by atoms with Gasteiger partial charge in [-0.1, -0.05) is 78.9 Å². The molecule has 0 amide bonds. The van der Waals surface area contributed by atoms with E-state index in [2.05, 4.69) is 84.9 Å². The summed E-state index contributed by atoms with van der Waals surface area (Å²) in [7, 11) is 9.87. The van der Waals surface area contributed by atoms with E-state index in [9.17, 15) is 0 Å². The van der Waals surface area contributed by atoms with Gasteiger partial charge in [0, 0.05) is 0 Å². The first-order chi connectivity index (χ1) is 11.8. The molecule has 118 valence electrons. The zero-order valence-electron chi connectivity index (χ0n) is 13.0. The molecule has 0 aromatic heterocycles. The van der Waals surface area contributed by atoms with E-state index in [-0.39, 0.29) is 0 Å². The Kier molecular flexibility index (Phi) is 6.49. The second-order valence-corrected chi connectivity index (χ2v) is 9.30. The Morgan fingerprint density at radius 2 is 1.25 bits per heavy atom. The molecule has 3 aromatic carbocycles. The molecule has 0 heterocycles. The number of hydrogen-bond acceptors (Lipinski definition) is 0. The molecule has 1 aliphatic rings. The van der Waals surface area contributed by atoms with Gasteiger partial charge in [0.2, 0.25) is 0 Å². The van der Waals surface area contributed by atoms with Crippen molar-refractivity contribution in [3.63, 3.8) is 0 Å². The van der Waals surface area contributed by atoms with Crippen LogP contribution < -0.4 is 0 Å². The normalized spacial score (nSPS) is 11.8. The molecular weight excluding hydrogens is 414 g/mol. The van der Waals surface area contributed by atoms with Crippen molar-refractivity contribution in [1.29, 1.82) is 0 Å². The zero-order valence-corrected chi connectivity index (χ0v) is 17.0. The minimum atomic E-state index is -0.826. The van der Waals surface area contributed by atoms with E-state index in [4.69, 9.17) is 17.0 Å². The Balaban J connectivity index is 0.000000526. The van der Waals surface area contributed by atoms with Crippen molar-refractivity contribution in [1.82, 2.24) is 0 Å². The summed E-state index contributed by atoms with van der Waals surface area (Å²) in [5.41, 5.74) is 8.09. The number of hydrogen-bond donors (Lipinski definition) is 0. The predicted molar refractivity (Wildman–Crippen MR) is 102 cm³/mol. The van der Waals surface area contributed by atoms with Gasteiger partial charge in [-0.15, -0.1) is 0 Å². The van der Waals surface area contributed by atoms with Gasteiger partial charge in [0.15, 0.2) is 0 Å². The third kappa shape index (κ3) is 4.28. The second-order valence-electron chi connectivity index (χ2n) is 5.56. The molecule has 24 heavy (non-hydrogen) atoms. The predicted octanol–water partition coefficient (Wildman–Crippen LogP) is 6.83. The van der Waals surface area contributed by atoms with Gasteiger partial charge in [-0.2, -0.15) is 0 Å². The van der Waals surface area contributed by atoms with Crippen molar-refractivity contribution in [3.05, 3.63) is 95.6 Å². The fourth-order valence-corrected chi connectivity index (χ4v) is 2.98. The van der Waals surface area contributed by atoms with E-state index in [1.54, 1.807) is 0 Å². The molecule has 0 bridgehead atoms. The van der Waals surface area contributed by atoms with Gasteiger partial charge in [-0.3, -0.25) is 0 Å². The van der Waals surface area contributed by atoms with Gasteiger partial charge in [0.25, 0.3) is 0 Å². The molecule has 0 saturated heterocycles. The van der Waals surface area contributed by atoms with Crippen LogP contribution in [0.4, 0.5) is 0 Å². The molecule has 0 atom stereocenters. The average Bonchev–Trinajstić information content (AvgIpc) is 3.07. The molecule has 4 rings (SSSR count). The molecule has 0 radical (unpaired) electrons. The third-order valence-corrected chi connectivity index (χ3v) is 4.11. The van der Waals surface area contributed by atoms with Crippen LogP contribution in [0.3, 0.4) is 0 Å². The van der Waals surface area contributed by atoms with Crippen LogP contribution in [-0.2, 0) is 27.3 Å². The number of benzene rings is 3. The van der Waals surface area contributed by atoms with Crippen molar-refractivity contribution in [2.45, 2.75) is 6.42 Å². The summed E-state index contributed by atoms with van der Waals surface area (Å²) in [6.07, 6.45) is 3.37. The van der Waals surface area contributed by atoms with Crippen LogP contribution >= 0.6 is 17.0 Å². The van der Waals surface area contributed by atoms with Crippen molar-refractivity contribution >= 4 is 28.7 Å². The molecular formula is C21H16Cl2Zr. The molecule has 0 nitrogen and oxygen atoms in total. The Hall–Kier alpha value is -1.14. The van der Waals surface area contributed by atoms with E-state index >= 15 is 0 Å². The Labute approximate surface area is 161 Å². The molecule has 0 N–H and O–H groups in total. The van der Waals surface area contributed by atoms with Crippen molar-refractivity contribution in [2.75, 3.05) is 0 Å². The quantitative estimate of drug-likeness (QED) is 0.418. The molecule has 3 heteroatoms. The molecule has 0 fully saturated rings. The monoisotopic (exact) mass is 428 g/mol. The van der Waals surface area contributed by atoms with E-state index < -0.39 is 20.8 Å². The van der Waals surface area contributed by atoms with Crippen LogP contribution in [0, 0.1) is 0 Å². The maximum atomic E-state index is 4.93. The molecule has 0 unspecified atom stereocenters. The second kappa shape index (κ2) is 8.81. The van der Waals surface area contributed by atoms with Gasteiger partial charge < -0.3 is 0 Å². The first-order valence-corrected chi connectivity index (χ1v) is 14.1. The molecule has 0 aliphatic heterocycles. The van der Waals surface area contributed by atoms with Gasteiger partial charge in [0.1, 0.15) is 0 Å². The third-order valence-electron chi connectivity index (χ3n) is 4.11. The SMILES string of the molecule is C1=C(c2ccccc2)Cc2ccc(-c3ccccc3)cc21.[Cl][Zr][Cl]. The maximum absolute atomic E-state index is 4.93. The van der Waals surface area contributed by atoms with Crippen LogP contribution in [0.2, 0.25) is 0 Å². The molecule has 0 saturated carbocycles. The summed E-state index contributed by atoms with van der Waals surface area (Å²) >= 11 is -0.826. The zero-order chi connectivity index (χ0) is 16.8. The summed E-state index contributed by atoms with van der Waals surface area (Å²) in [4.78, 5) is 0. The van der Waals surface area contributed by atoms with Gasteiger partial charge in [0.05, 0.1) is 0 Å². The van der Waals surface area contributed by atoms with Crippen LogP contribution in [0.1, 0.15) is 16.7 Å². The topological polar surface area (TPSA) is 0 Å². The summed E-state index contributed by atoms with van der Waals surface area (Å²) < 4.78 is 0. The summed E-state index contributed by atoms with van der Waals surface area (Å²) in [5.74, 6) is 0. The molecule has 3 aromatic rings. The number of allylic oxidation sites excluding steroid dienone is 1. The van der Waals surface area contributed by atoms with E-state index in [0.29, 0.717) is 0 Å². The van der Waals surface area contributed by atoms with Gasteiger partial charge in [-0.25, -0.2) is 0 Å². The fraction of sp³-hybridized carbons (Fsp3) is 0.0476. The van der Waals surface area contributed by atoms with E-state index in [0.717, 1.165) is 6.42 Å². The Morgan fingerprint density at radius 3 is 1.88 bits per heavy atom. The average molecular weight is 430 g/mol. The molecule has 0 spiro atoms. The first-order valence-electron chi connectivity index (χ1n) is 7.72. The summed E-state index contributed by atoms with van der Waals surface area (Å²) in [5, 5.41) is 0. The minimum absolute atomic E-state index is 0.826.